The third-order valence-electron chi connectivity index (χ3n) is 7.17. The molecule has 6 nitrogen and oxygen atoms in total. The van der Waals surface area contributed by atoms with E-state index in [0.717, 1.165) is 27.9 Å². The minimum atomic E-state index is -1.07. The summed E-state index contributed by atoms with van der Waals surface area (Å²) in [7, 11) is 1.61. The molecule has 8 heteroatoms. The fraction of sp³-hybridized carbons (Fsp3) is 0.100. The van der Waals surface area contributed by atoms with Crippen LogP contribution in [0.15, 0.2) is 91.0 Å². The molecular weight excluding hydrogens is 521 g/mol. The highest BCUT2D eigenvalue weighted by Gasteiger charge is 2.69. The number of halogens is 2. The van der Waals surface area contributed by atoms with E-state index in [0.29, 0.717) is 32.9 Å². The molecule has 0 bridgehead atoms. The summed E-state index contributed by atoms with van der Waals surface area (Å²) in [5.74, 6) is 0.830. The molecule has 4 aromatic carbocycles. The number of nitrogens with zero attached hydrogens (tertiary/aromatic N) is 3. The second kappa shape index (κ2) is 8.45. The van der Waals surface area contributed by atoms with Gasteiger partial charge in [-0.2, -0.15) is 0 Å². The molecule has 1 amide bonds. The van der Waals surface area contributed by atoms with Crippen molar-refractivity contribution in [2.45, 2.75) is 11.6 Å². The van der Waals surface area contributed by atoms with E-state index in [1.165, 1.54) is 0 Å². The molecule has 0 unspecified atom stereocenters. The van der Waals surface area contributed by atoms with Gasteiger partial charge in [0.2, 0.25) is 6.10 Å². The Bertz CT molecular complexity index is 1760. The second-order valence-electron chi connectivity index (χ2n) is 9.17. The molecule has 2 aliphatic rings. The Morgan fingerprint density at radius 3 is 2.32 bits per heavy atom. The molecule has 0 saturated carbocycles. The van der Waals surface area contributed by atoms with Gasteiger partial charge in [0.1, 0.15) is 17.2 Å². The Labute approximate surface area is 228 Å². The molecule has 186 valence electrons. The molecule has 1 aliphatic carbocycles. The lowest BCUT2D eigenvalue weighted by molar-refractivity contribution is -0.139. The van der Waals surface area contributed by atoms with Gasteiger partial charge in [-0.25, -0.2) is 9.97 Å². The van der Waals surface area contributed by atoms with Gasteiger partial charge in [-0.3, -0.25) is 9.69 Å². The number of carbonyl (C=O) groups is 1. The first-order valence-electron chi connectivity index (χ1n) is 12.0. The van der Waals surface area contributed by atoms with Gasteiger partial charge < -0.3 is 9.47 Å². The van der Waals surface area contributed by atoms with Crippen molar-refractivity contribution in [3.8, 4) is 22.8 Å². The van der Waals surface area contributed by atoms with Crippen LogP contribution in [0.4, 0.5) is 5.69 Å². The number of rotatable bonds is 4. The van der Waals surface area contributed by atoms with E-state index in [9.17, 15) is 4.79 Å². The number of carbonyl (C=O) groups excluding carboxylic acids is 1. The molecule has 2 heterocycles. The molecular formula is C30H19Cl2N3O3. The summed E-state index contributed by atoms with van der Waals surface area (Å²) in [5.41, 5.74) is 4.30. The minimum Gasteiger partial charge on any atom is -0.497 e. The summed E-state index contributed by atoms with van der Waals surface area (Å²) in [5, 5.41) is 0.796. The summed E-state index contributed by atoms with van der Waals surface area (Å²) < 4.78 is 11.8. The Hall–Kier alpha value is -4.13. The summed E-state index contributed by atoms with van der Waals surface area (Å²) in [6.07, 6.45) is -0.943. The SMILES string of the molecule is COc1ccc(N2C(=O)[C@@H](Oc3ccc(Cl)cc3Cl)[C@]23c2ccccc2-c2nc4ccccc4nc23)cc1. The zero-order valence-electron chi connectivity index (χ0n) is 20.1. The number of hydrogen-bond acceptors (Lipinski definition) is 5. The summed E-state index contributed by atoms with van der Waals surface area (Å²) in [6, 6.07) is 28.0. The molecule has 1 aromatic heterocycles. The monoisotopic (exact) mass is 539 g/mol. The summed E-state index contributed by atoms with van der Waals surface area (Å²) in [4.78, 5) is 25.8. The van der Waals surface area contributed by atoms with Crippen molar-refractivity contribution in [1.82, 2.24) is 9.97 Å². The van der Waals surface area contributed by atoms with Crippen LogP contribution in [-0.4, -0.2) is 29.1 Å². The molecule has 38 heavy (non-hydrogen) atoms. The highest BCUT2D eigenvalue weighted by Crippen LogP contribution is 2.58. The van der Waals surface area contributed by atoms with E-state index in [1.807, 2.05) is 72.8 Å². The van der Waals surface area contributed by atoms with E-state index < -0.39 is 11.6 Å². The number of methoxy groups -OCH3 is 1. The van der Waals surface area contributed by atoms with Crippen LogP contribution in [0.1, 0.15) is 11.3 Å². The number of benzene rings is 4. The number of para-hydroxylation sites is 2. The molecule has 0 radical (unpaired) electrons. The first-order valence-corrected chi connectivity index (χ1v) is 12.7. The van der Waals surface area contributed by atoms with Crippen LogP contribution in [-0.2, 0) is 10.3 Å². The van der Waals surface area contributed by atoms with Gasteiger partial charge in [0.15, 0.2) is 5.54 Å². The van der Waals surface area contributed by atoms with Crippen molar-refractivity contribution in [1.29, 1.82) is 0 Å². The molecule has 1 saturated heterocycles. The second-order valence-corrected chi connectivity index (χ2v) is 10.0. The van der Waals surface area contributed by atoms with Crippen molar-refractivity contribution in [2.75, 3.05) is 12.0 Å². The van der Waals surface area contributed by atoms with Crippen molar-refractivity contribution in [3.63, 3.8) is 0 Å². The third-order valence-corrected chi connectivity index (χ3v) is 7.70. The van der Waals surface area contributed by atoms with Gasteiger partial charge in [-0.15, -0.1) is 0 Å². The van der Waals surface area contributed by atoms with Crippen LogP contribution < -0.4 is 14.4 Å². The lowest BCUT2D eigenvalue weighted by atomic mass is 9.74. The van der Waals surface area contributed by atoms with Gasteiger partial charge in [-0.05, 0) is 60.2 Å². The van der Waals surface area contributed by atoms with Crippen LogP contribution in [0.25, 0.3) is 22.3 Å². The van der Waals surface area contributed by atoms with Gasteiger partial charge in [0, 0.05) is 16.3 Å². The quantitative estimate of drug-likeness (QED) is 0.239. The number of amides is 1. The van der Waals surface area contributed by atoms with Crippen LogP contribution in [0.3, 0.4) is 0 Å². The number of β-lactam (4-membered cyclic amide) rings is 1. The molecule has 2 atom stereocenters. The smallest absolute Gasteiger partial charge is 0.272 e. The molecule has 5 aromatic rings. The molecule has 1 aliphatic heterocycles. The van der Waals surface area contributed by atoms with Crippen molar-refractivity contribution in [3.05, 3.63) is 112 Å². The van der Waals surface area contributed by atoms with E-state index in [2.05, 4.69) is 0 Å². The fourth-order valence-electron chi connectivity index (χ4n) is 5.51. The number of anilines is 1. The van der Waals surface area contributed by atoms with Crippen LogP contribution in [0.5, 0.6) is 11.5 Å². The molecule has 0 N–H and O–H groups in total. The first kappa shape index (κ1) is 23.0. The third kappa shape index (κ3) is 3.11. The van der Waals surface area contributed by atoms with E-state index >= 15 is 0 Å². The molecule has 7 rings (SSSR count). The lowest BCUT2D eigenvalue weighted by Crippen LogP contribution is -2.74. The Morgan fingerprint density at radius 1 is 0.868 bits per heavy atom. The molecule has 1 spiro atoms. The maximum atomic E-state index is 14.0. The van der Waals surface area contributed by atoms with Gasteiger partial charge in [0.05, 0.1) is 28.9 Å². The highest BCUT2D eigenvalue weighted by molar-refractivity contribution is 6.35. The number of hydrogen-bond donors (Lipinski definition) is 0. The zero-order chi connectivity index (χ0) is 26.0. The maximum absolute atomic E-state index is 14.0. The normalized spacial score (nSPS) is 19.3. The first-order chi connectivity index (χ1) is 18.5. The van der Waals surface area contributed by atoms with E-state index in [1.54, 1.807) is 30.2 Å². The maximum Gasteiger partial charge on any atom is 0.272 e. The number of aromatic nitrogens is 2. The Balaban J connectivity index is 1.50. The predicted octanol–water partition coefficient (Wildman–Crippen LogP) is 6.66. The number of fused-ring (bicyclic) bond motifs is 6. The largest absolute Gasteiger partial charge is 0.497 e. The molecule has 1 fully saturated rings. The average Bonchev–Trinajstić information content (AvgIpc) is 3.23. The predicted molar refractivity (Wildman–Crippen MR) is 147 cm³/mol. The fourth-order valence-corrected chi connectivity index (χ4v) is 5.96. The van der Waals surface area contributed by atoms with Crippen molar-refractivity contribution < 1.29 is 14.3 Å². The Kier molecular flexibility index (Phi) is 5.12. The van der Waals surface area contributed by atoms with Gasteiger partial charge in [-0.1, -0.05) is 59.6 Å². The topological polar surface area (TPSA) is 64.5 Å². The highest BCUT2D eigenvalue weighted by atomic mass is 35.5. The van der Waals surface area contributed by atoms with Crippen molar-refractivity contribution in [2.24, 2.45) is 0 Å². The lowest BCUT2D eigenvalue weighted by Gasteiger charge is -2.54. The van der Waals surface area contributed by atoms with Crippen molar-refractivity contribution >= 4 is 45.8 Å². The standard InChI is InChI=1S/C30H19Cl2N3O3/c1-37-19-13-11-18(12-14-19)35-29(36)28(38-25-15-10-17(31)16-22(25)32)30(35)21-7-3-2-6-20(21)26-27(30)34-24-9-5-4-8-23(24)33-26/h2-16,28H,1H3/t28-,30-/m1/s1. The number of ether oxygens (including phenoxy) is 2. The van der Waals surface area contributed by atoms with Crippen LogP contribution >= 0.6 is 23.2 Å². The van der Waals surface area contributed by atoms with Crippen LogP contribution in [0, 0.1) is 0 Å². The summed E-state index contributed by atoms with van der Waals surface area (Å²) >= 11 is 12.6. The minimum absolute atomic E-state index is 0.223. The van der Waals surface area contributed by atoms with Gasteiger partial charge >= 0.3 is 0 Å². The van der Waals surface area contributed by atoms with E-state index in [4.69, 9.17) is 42.6 Å². The Morgan fingerprint density at radius 2 is 1.58 bits per heavy atom. The van der Waals surface area contributed by atoms with E-state index in [-0.39, 0.29) is 5.91 Å². The zero-order valence-corrected chi connectivity index (χ0v) is 21.6. The average molecular weight is 540 g/mol. The summed E-state index contributed by atoms with van der Waals surface area (Å²) in [6.45, 7) is 0. The van der Waals surface area contributed by atoms with Crippen LogP contribution in [0.2, 0.25) is 10.0 Å². The van der Waals surface area contributed by atoms with Gasteiger partial charge in [0.25, 0.3) is 5.91 Å².